The van der Waals surface area contributed by atoms with Crippen molar-refractivity contribution in [3.63, 3.8) is 0 Å². The van der Waals surface area contributed by atoms with Gasteiger partial charge in [-0.2, -0.15) is 10.5 Å². The van der Waals surface area contributed by atoms with Gasteiger partial charge in [-0.1, -0.05) is 42.5 Å². The number of nitriles is 2. The first-order valence-corrected chi connectivity index (χ1v) is 8.41. The molecule has 0 N–H and O–H groups in total. The van der Waals surface area contributed by atoms with E-state index in [9.17, 15) is 14.9 Å². The fraction of sp³-hybridized carbons (Fsp3) is 0.143. The van der Waals surface area contributed by atoms with Crippen LogP contribution in [-0.2, 0) is 13.1 Å². The summed E-state index contributed by atoms with van der Waals surface area (Å²) in [6.45, 7) is 2.23. The lowest BCUT2D eigenvalue weighted by Crippen LogP contribution is -2.40. The zero-order valence-electron chi connectivity index (χ0n) is 14.7. The van der Waals surface area contributed by atoms with Crippen LogP contribution in [0.15, 0.2) is 64.3 Å². The highest BCUT2D eigenvalue weighted by Gasteiger charge is 2.11. The Morgan fingerprint density at radius 1 is 0.926 bits per heavy atom. The number of hydrogen-bond acceptors (Lipinski definition) is 4. The maximum atomic E-state index is 12.4. The van der Waals surface area contributed by atoms with E-state index in [1.807, 2.05) is 48.5 Å². The van der Waals surface area contributed by atoms with Crippen LogP contribution in [0.5, 0.6) is 0 Å². The second-order valence-corrected chi connectivity index (χ2v) is 5.97. The van der Waals surface area contributed by atoms with Crippen molar-refractivity contribution in [1.82, 2.24) is 9.13 Å². The second-order valence-electron chi connectivity index (χ2n) is 5.97. The first kappa shape index (κ1) is 17.9. The molecule has 0 aliphatic rings. The van der Waals surface area contributed by atoms with Crippen LogP contribution >= 0.6 is 0 Å². The van der Waals surface area contributed by atoms with Gasteiger partial charge in [0.25, 0.3) is 5.56 Å². The van der Waals surface area contributed by atoms with Gasteiger partial charge in [-0.3, -0.25) is 13.9 Å². The van der Waals surface area contributed by atoms with Gasteiger partial charge in [-0.05, 0) is 29.7 Å². The van der Waals surface area contributed by atoms with E-state index in [1.54, 1.807) is 13.0 Å². The predicted octanol–water partition coefficient (Wildman–Crippen LogP) is 2.49. The Bertz CT molecular complexity index is 1190. The van der Waals surface area contributed by atoms with Gasteiger partial charge in [-0.15, -0.1) is 0 Å². The molecule has 3 aromatic rings. The maximum Gasteiger partial charge on any atom is 0.331 e. The molecule has 0 radical (unpaired) electrons. The number of nitrogens with zero attached hydrogens (tertiary/aromatic N) is 4. The van der Waals surface area contributed by atoms with Gasteiger partial charge in [-0.25, -0.2) is 4.79 Å². The Hall–Kier alpha value is -3.90. The summed E-state index contributed by atoms with van der Waals surface area (Å²) in [7, 11) is 0. The molecule has 0 saturated heterocycles. The van der Waals surface area contributed by atoms with E-state index in [0.29, 0.717) is 12.1 Å². The van der Waals surface area contributed by atoms with Crippen LogP contribution in [0.3, 0.4) is 0 Å². The lowest BCUT2D eigenvalue weighted by atomic mass is 9.99. The van der Waals surface area contributed by atoms with Crippen molar-refractivity contribution in [3.05, 3.63) is 92.3 Å². The van der Waals surface area contributed by atoms with Crippen LogP contribution in [0, 0.1) is 22.7 Å². The molecule has 0 saturated carbocycles. The second kappa shape index (κ2) is 7.55. The number of aryl methyl sites for hydroxylation is 1. The van der Waals surface area contributed by atoms with Gasteiger partial charge in [0, 0.05) is 12.7 Å². The number of hydrogen-bond donors (Lipinski definition) is 0. The third kappa shape index (κ3) is 3.42. The van der Waals surface area contributed by atoms with Crippen LogP contribution in [-0.4, -0.2) is 9.13 Å². The predicted molar refractivity (Wildman–Crippen MR) is 101 cm³/mol. The minimum Gasteiger partial charge on any atom is -0.299 e. The minimum absolute atomic E-state index is 0.0592. The zero-order chi connectivity index (χ0) is 19.4. The van der Waals surface area contributed by atoms with Crippen LogP contribution in [0.2, 0.25) is 0 Å². The van der Waals surface area contributed by atoms with E-state index < -0.39 is 11.2 Å². The summed E-state index contributed by atoms with van der Waals surface area (Å²) in [5.74, 6) is 0. The molecule has 3 rings (SSSR count). The standard InChI is InChI=1S/C21H16N4O2/c1-2-24-14-18(12-23)20(26)25(21(24)27)13-15-7-9-16(10-8-15)19-6-4-3-5-17(19)11-22/h3-10,14H,2,13H2,1H3. The monoisotopic (exact) mass is 356 g/mol. The molecule has 2 aromatic carbocycles. The number of aromatic nitrogens is 2. The lowest BCUT2D eigenvalue weighted by Gasteiger charge is -2.10. The summed E-state index contributed by atoms with van der Waals surface area (Å²) in [6, 6.07) is 18.6. The SMILES string of the molecule is CCn1cc(C#N)c(=O)n(Cc2ccc(-c3ccccc3C#N)cc2)c1=O. The summed E-state index contributed by atoms with van der Waals surface area (Å²) < 4.78 is 2.41. The van der Waals surface area contributed by atoms with Gasteiger partial charge in [0.05, 0.1) is 18.2 Å². The van der Waals surface area contributed by atoms with E-state index in [4.69, 9.17) is 5.26 Å². The van der Waals surface area contributed by atoms with Gasteiger partial charge in [0.1, 0.15) is 11.6 Å². The fourth-order valence-corrected chi connectivity index (χ4v) is 2.90. The molecule has 1 heterocycles. The molecule has 0 bridgehead atoms. The van der Waals surface area contributed by atoms with Crippen molar-refractivity contribution < 1.29 is 0 Å². The third-order valence-corrected chi connectivity index (χ3v) is 4.35. The Labute approximate surface area is 155 Å². The average Bonchev–Trinajstić information content (AvgIpc) is 2.72. The highest BCUT2D eigenvalue weighted by atomic mass is 16.2. The first-order chi connectivity index (χ1) is 13.1. The Kier molecular flexibility index (Phi) is 5.01. The molecule has 0 aliphatic heterocycles. The summed E-state index contributed by atoms with van der Waals surface area (Å²) in [4.78, 5) is 24.8. The molecular formula is C21H16N4O2. The van der Waals surface area contributed by atoms with Crippen molar-refractivity contribution in [2.24, 2.45) is 0 Å². The smallest absolute Gasteiger partial charge is 0.299 e. The van der Waals surface area contributed by atoms with Crippen molar-refractivity contribution in [1.29, 1.82) is 10.5 Å². The van der Waals surface area contributed by atoms with E-state index >= 15 is 0 Å². The molecule has 1 aromatic heterocycles. The molecule has 0 spiro atoms. The quantitative estimate of drug-likeness (QED) is 0.718. The molecule has 6 nitrogen and oxygen atoms in total. The van der Waals surface area contributed by atoms with Crippen LogP contribution < -0.4 is 11.2 Å². The lowest BCUT2D eigenvalue weighted by molar-refractivity contribution is 0.597. The van der Waals surface area contributed by atoms with Crippen LogP contribution in [0.1, 0.15) is 23.6 Å². The highest BCUT2D eigenvalue weighted by molar-refractivity contribution is 5.70. The minimum atomic E-state index is -0.592. The van der Waals surface area contributed by atoms with Crippen molar-refractivity contribution >= 4 is 0 Å². The average molecular weight is 356 g/mol. The first-order valence-electron chi connectivity index (χ1n) is 8.41. The van der Waals surface area contributed by atoms with E-state index in [2.05, 4.69) is 6.07 Å². The molecule has 0 unspecified atom stereocenters. The van der Waals surface area contributed by atoms with E-state index in [1.165, 1.54) is 10.8 Å². The van der Waals surface area contributed by atoms with Crippen molar-refractivity contribution in [3.8, 4) is 23.3 Å². The van der Waals surface area contributed by atoms with E-state index in [-0.39, 0.29) is 12.1 Å². The molecule has 6 heteroatoms. The number of rotatable bonds is 4. The highest BCUT2D eigenvalue weighted by Crippen LogP contribution is 2.23. The van der Waals surface area contributed by atoms with Gasteiger partial charge >= 0.3 is 5.69 Å². The van der Waals surface area contributed by atoms with Gasteiger partial charge in [0.2, 0.25) is 0 Å². The van der Waals surface area contributed by atoms with Crippen LogP contribution in [0.25, 0.3) is 11.1 Å². The number of benzene rings is 2. The van der Waals surface area contributed by atoms with Crippen LogP contribution in [0.4, 0.5) is 0 Å². The summed E-state index contributed by atoms with van der Waals surface area (Å²) in [6.07, 6.45) is 1.29. The largest absolute Gasteiger partial charge is 0.331 e. The summed E-state index contributed by atoms with van der Waals surface area (Å²) >= 11 is 0. The summed E-state index contributed by atoms with van der Waals surface area (Å²) in [5, 5.41) is 18.4. The molecular weight excluding hydrogens is 340 g/mol. The van der Waals surface area contributed by atoms with Gasteiger partial charge < -0.3 is 0 Å². The van der Waals surface area contributed by atoms with Crippen molar-refractivity contribution in [2.75, 3.05) is 0 Å². The fourth-order valence-electron chi connectivity index (χ4n) is 2.90. The summed E-state index contributed by atoms with van der Waals surface area (Å²) in [5.41, 5.74) is 1.94. The molecule has 0 fully saturated rings. The molecule has 27 heavy (non-hydrogen) atoms. The maximum absolute atomic E-state index is 12.4. The third-order valence-electron chi connectivity index (χ3n) is 4.35. The van der Waals surface area contributed by atoms with Crippen molar-refractivity contribution in [2.45, 2.75) is 20.0 Å². The topological polar surface area (TPSA) is 91.6 Å². The Morgan fingerprint density at radius 3 is 2.22 bits per heavy atom. The molecule has 0 aliphatic carbocycles. The molecule has 132 valence electrons. The Morgan fingerprint density at radius 2 is 1.59 bits per heavy atom. The molecule has 0 amide bonds. The normalized spacial score (nSPS) is 10.2. The Balaban J connectivity index is 1.99. The zero-order valence-corrected chi connectivity index (χ0v) is 14.7. The van der Waals surface area contributed by atoms with E-state index in [0.717, 1.165) is 21.3 Å². The van der Waals surface area contributed by atoms with Gasteiger partial charge in [0.15, 0.2) is 0 Å². The molecule has 0 atom stereocenters.